The fraction of sp³-hybridized carbons (Fsp3) is 0.458. The molecule has 2 fully saturated rings. The predicted molar refractivity (Wildman–Crippen MR) is 109 cm³/mol. The topological polar surface area (TPSA) is 23.6 Å². The second-order valence-electron chi connectivity index (χ2n) is 8.16. The van der Waals surface area contributed by atoms with Crippen LogP contribution in [0, 0.1) is 0 Å². The molecular formula is C24H30N2O. The average Bonchev–Trinajstić information content (AvgIpc) is 3.10. The zero-order valence-electron chi connectivity index (χ0n) is 16.1. The van der Waals surface area contributed by atoms with Crippen LogP contribution in [0.15, 0.2) is 60.7 Å². The van der Waals surface area contributed by atoms with Gasteiger partial charge in [-0.1, -0.05) is 60.7 Å². The lowest BCUT2D eigenvalue weighted by atomic mass is 9.86. The number of hydrogen-bond donors (Lipinski definition) is 0. The molecule has 1 atom stereocenters. The zero-order chi connectivity index (χ0) is 18.5. The first-order chi connectivity index (χ1) is 13.3. The van der Waals surface area contributed by atoms with Gasteiger partial charge in [-0.3, -0.25) is 9.69 Å². The van der Waals surface area contributed by atoms with Crippen molar-refractivity contribution in [2.24, 2.45) is 0 Å². The van der Waals surface area contributed by atoms with Crippen LogP contribution in [0.25, 0.3) is 0 Å². The molecule has 2 aromatic carbocycles. The highest BCUT2D eigenvalue weighted by molar-refractivity contribution is 5.77. The van der Waals surface area contributed by atoms with Crippen molar-refractivity contribution in [3.8, 4) is 0 Å². The second-order valence-corrected chi connectivity index (χ2v) is 8.16. The Hall–Kier alpha value is -2.13. The molecule has 0 radical (unpaired) electrons. The van der Waals surface area contributed by atoms with Crippen molar-refractivity contribution < 1.29 is 4.79 Å². The Morgan fingerprint density at radius 2 is 1.48 bits per heavy atom. The minimum atomic E-state index is 0.0702. The van der Waals surface area contributed by atoms with Gasteiger partial charge in [0.2, 0.25) is 5.91 Å². The van der Waals surface area contributed by atoms with Gasteiger partial charge in [0.25, 0.3) is 0 Å². The van der Waals surface area contributed by atoms with Crippen LogP contribution >= 0.6 is 0 Å². The van der Waals surface area contributed by atoms with Gasteiger partial charge in [0.1, 0.15) is 0 Å². The van der Waals surface area contributed by atoms with Crippen LogP contribution in [0.3, 0.4) is 0 Å². The van der Waals surface area contributed by atoms with Crippen molar-refractivity contribution >= 4 is 5.91 Å². The van der Waals surface area contributed by atoms with Gasteiger partial charge in [0, 0.05) is 26.1 Å². The maximum absolute atomic E-state index is 13.1. The van der Waals surface area contributed by atoms with Crippen LogP contribution < -0.4 is 0 Å². The Morgan fingerprint density at radius 1 is 0.852 bits per heavy atom. The van der Waals surface area contributed by atoms with Gasteiger partial charge >= 0.3 is 0 Å². The summed E-state index contributed by atoms with van der Waals surface area (Å²) in [7, 11) is 0. The summed E-state index contributed by atoms with van der Waals surface area (Å²) in [6, 6.07) is 21.1. The van der Waals surface area contributed by atoms with E-state index in [1.165, 1.54) is 17.5 Å². The highest BCUT2D eigenvalue weighted by Crippen LogP contribution is 2.38. The monoisotopic (exact) mass is 362 g/mol. The summed E-state index contributed by atoms with van der Waals surface area (Å²) in [6.45, 7) is 4.10. The summed E-state index contributed by atoms with van der Waals surface area (Å²) >= 11 is 0. The first kappa shape index (κ1) is 18.2. The quantitative estimate of drug-likeness (QED) is 0.793. The molecule has 0 N–H and O–H groups in total. The van der Waals surface area contributed by atoms with E-state index in [1.54, 1.807) is 0 Å². The maximum atomic E-state index is 13.1. The van der Waals surface area contributed by atoms with E-state index in [-0.39, 0.29) is 5.54 Å². The third-order valence-electron chi connectivity index (χ3n) is 6.25. The van der Waals surface area contributed by atoms with Crippen LogP contribution in [0.4, 0.5) is 0 Å². The Labute approximate surface area is 163 Å². The number of hydrogen-bond acceptors (Lipinski definition) is 2. The molecule has 142 valence electrons. The van der Waals surface area contributed by atoms with Crippen LogP contribution in [-0.4, -0.2) is 40.9 Å². The molecule has 3 heteroatoms. The minimum absolute atomic E-state index is 0.0702. The molecule has 0 saturated carbocycles. The van der Waals surface area contributed by atoms with E-state index in [1.807, 2.05) is 6.07 Å². The molecule has 3 nitrogen and oxygen atoms in total. The first-order valence-corrected chi connectivity index (χ1v) is 10.4. The Balaban J connectivity index is 1.40. The smallest absolute Gasteiger partial charge is 0.223 e. The third kappa shape index (κ3) is 4.24. The van der Waals surface area contributed by atoms with Gasteiger partial charge in [0.15, 0.2) is 0 Å². The summed E-state index contributed by atoms with van der Waals surface area (Å²) in [5, 5.41) is 0. The molecular weight excluding hydrogens is 332 g/mol. The molecule has 2 aliphatic heterocycles. The molecule has 4 rings (SSSR count). The lowest BCUT2D eigenvalue weighted by molar-refractivity contribution is -0.137. The summed E-state index contributed by atoms with van der Waals surface area (Å²) in [5.41, 5.74) is 2.70. The number of piperidine rings is 1. The van der Waals surface area contributed by atoms with E-state index in [0.29, 0.717) is 12.3 Å². The number of carbonyl (C=O) groups excluding carboxylic acids is 1. The van der Waals surface area contributed by atoms with Gasteiger partial charge in [-0.15, -0.1) is 0 Å². The standard InChI is InChI=1S/C24H30N2O/c27-23(14-13-21-9-3-1-4-10-21)26-18-8-16-24(26)15-7-17-25(20-24)19-22-11-5-2-6-12-22/h1-6,9-12H,7-8,13-20H2/t24-/m0/s1. The summed E-state index contributed by atoms with van der Waals surface area (Å²) < 4.78 is 0. The van der Waals surface area contributed by atoms with E-state index in [9.17, 15) is 4.79 Å². The van der Waals surface area contributed by atoms with Gasteiger partial charge < -0.3 is 4.90 Å². The molecule has 0 unspecified atom stereocenters. The highest BCUT2D eigenvalue weighted by atomic mass is 16.2. The molecule has 1 amide bonds. The summed E-state index contributed by atoms with van der Waals surface area (Å²) in [4.78, 5) is 17.9. The number of rotatable bonds is 5. The molecule has 0 aliphatic carbocycles. The third-order valence-corrected chi connectivity index (χ3v) is 6.25. The largest absolute Gasteiger partial charge is 0.336 e. The van der Waals surface area contributed by atoms with Gasteiger partial charge in [-0.25, -0.2) is 0 Å². The lowest BCUT2D eigenvalue weighted by Gasteiger charge is -2.46. The van der Waals surface area contributed by atoms with Crippen LogP contribution in [0.5, 0.6) is 0 Å². The van der Waals surface area contributed by atoms with Crippen molar-refractivity contribution in [2.45, 2.75) is 50.6 Å². The second kappa shape index (κ2) is 8.26. The molecule has 2 aliphatic rings. The zero-order valence-corrected chi connectivity index (χ0v) is 16.1. The number of carbonyl (C=O) groups is 1. The van der Waals surface area contributed by atoms with Crippen molar-refractivity contribution in [1.29, 1.82) is 0 Å². The van der Waals surface area contributed by atoms with E-state index >= 15 is 0 Å². The van der Waals surface area contributed by atoms with Crippen LogP contribution in [0.1, 0.15) is 43.2 Å². The van der Waals surface area contributed by atoms with Crippen LogP contribution in [0.2, 0.25) is 0 Å². The number of likely N-dealkylation sites (tertiary alicyclic amines) is 2. The Kier molecular flexibility index (Phi) is 5.58. The van der Waals surface area contributed by atoms with Gasteiger partial charge in [-0.05, 0) is 49.8 Å². The van der Waals surface area contributed by atoms with Gasteiger partial charge in [-0.2, -0.15) is 0 Å². The minimum Gasteiger partial charge on any atom is -0.336 e. The molecule has 2 heterocycles. The SMILES string of the molecule is O=C(CCc1ccccc1)N1CCC[C@]12CCCN(Cc1ccccc1)C2. The predicted octanol–water partition coefficient (Wildman–Crippen LogP) is 4.28. The number of aryl methyl sites for hydroxylation is 1. The Morgan fingerprint density at radius 3 is 2.19 bits per heavy atom. The number of benzene rings is 2. The average molecular weight is 363 g/mol. The van der Waals surface area contributed by atoms with Crippen molar-refractivity contribution in [3.05, 3.63) is 71.8 Å². The maximum Gasteiger partial charge on any atom is 0.223 e. The van der Waals surface area contributed by atoms with E-state index in [0.717, 1.165) is 51.9 Å². The van der Waals surface area contributed by atoms with E-state index in [4.69, 9.17) is 0 Å². The van der Waals surface area contributed by atoms with E-state index < -0.39 is 0 Å². The molecule has 0 aromatic heterocycles. The first-order valence-electron chi connectivity index (χ1n) is 10.4. The fourth-order valence-electron chi connectivity index (χ4n) is 4.97. The summed E-state index contributed by atoms with van der Waals surface area (Å²) in [6.07, 6.45) is 6.14. The van der Waals surface area contributed by atoms with Crippen molar-refractivity contribution in [1.82, 2.24) is 9.80 Å². The molecule has 2 aromatic rings. The molecule has 27 heavy (non-hydrogen) atoms. The van der Waals surface area contributed by atoms with E-state index in [2.05, 4.69) is 64.4 Å². The molecule has 0 bridgehead atoms. The molecule has 1 spiro atoms. The van der Waals surface area contributed by atoms with Crippen molar-refractivity contribution in [2.75, 3.05) is 19.6 Å². The van der Waals surface area contributed by atoms with Gasteiger partial charge in [0.05, 0.1) is 5.54 Å². The lowest BCUT2D eigenvalue weighted by Crippen LogP contribution is -2.57. The number of nitrogens with zero attached hydrogens (tertiary/aromatic N) is 2. The Bertz CT molecular complexity index is 745. The fourth-order valence-corrected chi connectivity index (χ4v) is 4.97. The van der Waals surface area contributed by atoms with Crippen LogP contribution in [-0.2, 0) is 17.8 Å². The summed E-state index contributed by atoms with van der Waals surface area (Å²) in [5.74, 6) is 0.345. The highest BCUT2D eigenvalue weighted by Gasteiger charge is 2.45. The van der Waals surface area contributed by atoms with Crippen molar-refractivity contribution in [3.63, 3.8) is 0 Å². The normalized spacial score (nSPS) is 23.0. The number of amides is 1. The molecule has 2 saturated heterocycles.